The molecule has 3 aliphatic rings. The normalized spacial score (nSPS) is 20.0. The predicted octanol–water partition coefficient (Wildman–Crippen LogP) is 3.73. The number of aromatic nitrogens is 1. The summed E-state index contributed by atoms with van der Waals surface area (Å²) < 4.78 is 11.4. The Labute approximate surface area is 207 Å². The number of fused-ring (bicyclic) bond motifs is 3. The molecule has 3 heterocycles. The molecule has 1 atom stereocenters. The lowest BCUT2D eigenvalue weighted by molar-refractivity contribution is -0.119. The van der Waals surface area contributed by atoms with Crippen LogP contribution in [0, 0.1) is 5.92 Å². The smallest absolute Gasteiger partial charge is 0.249 e. The maximum Gasteiger partial charge on any atom is 0.249 e. The molecule has 0 radical (unpaired) electrons. The maximum atomic E-state index is 12.6. The zero-order valence-electron chi connectivity index (χ0n) is 18.5. The Hall–Kier alpha value is -2.19. The summed E-state index contributed by atoms with van der Waals surface area (Å²) in [6.45, 7) is 5.45. The molecule has 1 aromatic carbocycles. The number of anilines is 1. The molecule has 0 N–H and O–H groups in total. The summed E-state index contributed by atoms with van der Waals surface area (Å²) in [5.74, 6) is 1.68. The summed E-state index contributed by atoms with van der Waals surface area (Å²) in [5, 5.41) is 6.19. The van der Waals surface area contributed by atoms with E-state index < -0.39 is 0 Å². The van der Waals surface area contributed by atoms with Gasteiger partial charge < -0.3 is 9.47 Å². The van der Waals surface area contributed by atoms with E-state index in [2.05, 4.69) is 22.0 Å². The lowest BCUT2D eigenvalue weighted by Gasteiger charge is -2.33. The molecule has 1 aliphatic carbocycles. The van der Waals surface area contributed by atoms with Crippen LogP contribution in [0.3, 0.4) is 0 Å². The number of aryl methyl sites for hydroxylation is 1. The third-order valence-corrected chi connectivity index (χ3v) is 6.22. The number of benzene rings is 1. The Morgan fingerprint density at radius 1 is 1.12 bits per heavy atom. The third kappa shape index (κ3) is 5.84. The van der Waals surface area contributed by atoms with Crippen molar-refractivity contribution in [3.63, 3.8) is 0 Å². The van der Waals surface area contributed by atoms with Gasteiger partial charge in [-0.15, -0.1) is 24.8 Å². The van der Waals surface area contributed by atoms with Crippen molar-refractivity contribution in [1.29, 1.82) is 0 Å². The molecular formula is C24H30Cl2N4O3. The number of ether oxygens (including phenoxy) is 2. The topological polar surface area (TPSA) is 67.3 Å². The number of carbonyl (C=O) groups excluding carboxylic acids is 1. The van der Waals surface area contributed by atoms with Gasteiger partial charge in [-0.05, 0) is 55.2 Å². The van der Waals surface area contributed by atoms with Gasteiger partial charge in [0, 0.05) is 43.7 Å². The van der Waals surface area contributed by atoms with Crippen LogP contribution in [-0.4, -0.2) is 61.0 Å². The first-order chi connectivity index (χ1) is 15.3. The van der Waals surface area contributed by atoms with E-state index in [1.807, 2.05) is 24.3 Å². The highest BCUT2D eigenvalue weighted by molar-refractivity contribution is 6.11. The van der Waals surface area contributed by atoms with Crippen LogP contribution in [-0.2, 0) is 16.0 Å². The second kappa shape index (κ2) is 11.8. The van der Waals surface area contributed by atoms with E-state index in [-0.39, 0.29) is 36.6 Å². The van der Waals surface area contributed by atoms with E-state index in [1.54, 1.807) is 6.20 Å². The van der Waals surface area contributed by atoms with Crippen molar-refractivity contribution in [3.05, 3.63) is 53.7 Å². The van der Waals surface area contributed by atoms with Crippen LogP contribution in [0.2, 0.25) is 0 Å². The highest BCUT2D eigenvalue weighted by Gasteiger charge is 2.35. The SMILES string of the molecule is Cl.Cl.O=C1CC2CCc3cc(OCCCN4CCOCC4)ccc3C2=NN1c1ccccn1. The van der Waals surface area contributed by atoms with Gasteiger partial charge in [-0.2, -0.15) is 10.1 Å². The molecule has 5 rings (SSSR count). The van der Waals surface area contributed by atoms with Crippen LogP contribution in [0.1, 0.15) is 30.4 Å². The lowest BCUT2D eigenvalue weighted by Crippen LogP contribution is -2.39. The highest BCUT2D eigenvalue weighted by Crippen LogP contribution is 2.34. The molecule has 7 nitrogen and oxygen atoms in total. The fourth-order valence-corrected chi connectivity index (χ4v) is 4.56. The van der Waals surface area contributed by atoms with Crippen molar-refractivity contribution in [1.82, 2.24) is 9.88 Å². The average molecular weight is 493 g/mol. The molecule has 1 aromatic heterocycles. The molecule has 178 valence electrons. The van der Waals surface area contributed by atoms with Crippen LogP contribution in [0.5, 0.6) is 5.75 Å². The van der Waals surface area contributed by atoms with Gasteiger partial charge in [0.1, 0.15) is 5.75 Å². The van der Waals surface area contributed by atoms with Crippen LogP contribution in [0.25, 0.3) is 0 Å². The van der Waals surface area contributed by atoms with Crippen LogP contribution in [0.4, 0.5) is 5.82 Å². The zero-order valence-corrected chi connectivity index (χ0v) is 20.2. The fourth-order valence-electron chi connectivity index (χ4n) is 4.56. The van der Waals surface area contributed by atoms with Crippen molar-refractivity contribution >= 4 is 42.3 Å². The van der Waals surface area contributed by atoms with Crippen molar-refractivity contribution in [2.45, 2.75) is 25.7 Å². The van der Waals surface area contributed by atoms with Gasteiger partial charge >= 0.3 is 0 Å². The number of rotatable bonds is 6. The molecule has 0 saturated carbocycles. The minimum absolute atomic E-state index is 0. The summed E-state index contributed by atoms with van der Waals surface area (Å²) in [6.07, 6.45) is 5.06. The van der Waals surface area contributed by atoms with Crippen LogP contribution >= 0.6 is 24.8 Å². The second-order valence-electron chi connectivity index (χ2n) is 8.29. The molecule has 0 spiro atoms. The van der Waals surface area contributed by atoms with Gasteiger partial charge in [-0.25, -0.2) is 4.98 Å². The van der Waals surface area contributed by atoms with Crippen LogP contribution in [0.15, 0.2) is 47.7 Å². The summed E-state index contributed by atoms with van der Waals surface area (Å²) in [6, 6.07) is 11.8. The van der Waals surface area contributed by atoms with E-state index in [4.69, 9.17) is 14.6 Å². The summed E-state index contributed by atoms with van der Waals surface area (Å²) in [5.41, 5.74) is 3.37. The summed E-state index contributed by atoms with van der Waals surface area (Å²) in [4.78, 5) is 19.4. The first-order valence-electron chi connectivity index (χ1n) is 11.2. The standard InChI is InChI=1S/C24H28N4O3.2ClH/c29-23-17-19-6-5-18-16-20(31-13-3-10-27-11-14-30-15-12-27)7-8-21(18)24(19)26-28(23)22-4-1-2-9-25-22;;/h1-2,4,7-9,16,19H,3,5-6,10-15,17H2;2*1H. The largest absolute Gasteiger partial charge is 0.494 e. The number of hydrazone groups is 1. The van der Waals surface area contributed by atoms with Gasteiger partial charge in [-0.3, -0.25) is 9.69 Å². The number of hydrogen-bond acceptors (Lipinski definition) is 6. The molecule has 0 bridgehead atoms. The van der Waals surface area contributed by atoms with E-state index in [1.165, 1.54) is 10.6 Å². The average Bonchev–Trinajstić information content (AvgIpc) is 2.82. The van der Waals surface area contributed by atoms with Crippen molar-refractivity contribution in [2.75, 3.05) is 44.5 Å². The van der Waals surface area contributed by atoms with Crippen molar-refractivity contribution in [2.24, 2.45) is 11.0 Å². The summed E-state index contributed by atoms with van der Waals surface area (Å²) >= 11 is 0. The number of halogens is 2. The first kappa shape index (κ1) is 25.4. The molecule has 1 amide bonds. The Balaban J connectivity index is 0.00000153. The van der Waals surface area contributed by atoms with E-state index in [9.17, 15) is 4.79 Å². The van der Waals surface area contributed by atoms with Gasteiger partial charge in [0.05, 0.1) is 25.5 Å². The molecular weight excluding hydrogens is 463 g/mol. The minimum atomic E-state index is 0. The zero-order chi connectivity index (χ0) is 21.0. The molecule has 2 aliphatic heterocycles. The quantitative estimate of drug-likeness (QED) is 0.574. The molecule has 9 heteroatoms. The Morgan fingerprint density at radius 3 is 2.76 bits per heavy atom. The van der Waals surface area contributed by atoms with Crippen molar-refractivity contribution in [3.8, 4) is 5.75 Å². The maximum absolute atomic E-state index is 12.6. The number of pyridine rings is 1. The lowest BCUT2D eigenvalue weighted by atomic mass is 9.79. The minimum Gasteiger partial charge on any atom is -0.494 e. The van der Waals surface area contributed by atoms with E-state index in [0.717, 1.165) is 69.1 Å². The van der Waals surface area contributed by atoms with Gasteiger partial charge in [0.15, 0.2) is 5.82 Å². The van der Waals surface area contributed by atoms with Gasteiger partial charge in [0.25, 0.3) is 0 Å². The number of morpholine rings is 1. The highest BCUT2D eigenvalue weighted by atomic mass is 35.5. The Bertz CT molecular complexity index is 967. The van der Waals surface area contributed by atoms with Crippen molar-refractivity contribution < 1.29 is 14.3 Å². The number of nitrogens with zero attached hydrogens (tertiary/aromatic N) is 4. The predicted molar refractivity (Wildman–Crippen MR) is 133 cm³/mol. The summed E-state index contributed by atoms with van der Waals surface area (Å²) in [7, 11) is 0. The van der Waals surface area contributed by atoms with Crippen LogP contribution < -0.4 is 9.75 Å². The second-order valence-corrected chi connectivity index (χ2v) is 8.29. The van der Waals surface area contributed by atoms with E-state index in [0.29, 0.717) is 18.8 Å². The molecule has 1 saturated heterocycles. The molecule has 33 heavy (non-hydrogen) atoms. The molecule has 1 unspecified atom stereocenters. The monoisotopic (exact) mass is 492 g/mol. The fraction of sp³-hybridized carbons (Fsp3) is 0.458. The van der Waals surface area contributed by atoms with Gasteiger partial charge in [0.2, 0.25) is 5.91 Å². The molecule has 2 aromatic rings. The Morgan fingerprint density at radius 2 is 1.97 bits per heavy atom. The van der Waals surface area contributed by atoms with E-state index >= 15 is 0 Å². The number of amides is 1. The molecule has 1 fully saturated rings. The third-order valence-electron chi connectivity index (χ3n) is 6.22. The number of carbonyl (C=O) groups is 1. The Kier molecular flexibility index (Phi) is 9.09. The first-order valence-corrected chi connectivity index (χ1v) is 11.2. The number of hydrogen-bond donors (Lipinski definition) is 0. The van der Waals surface area contributed by atoms with Gasteiger partial charge in [-0.1, -0.05) is 6.07 Å².